The van der Waals surface area contributed by atoms with E-state index in [1.54, 1.807) is 14.2 Å². The van der Waals surface area contributed by atoms with Gasteiger partial charge in [-0.25, -0.2) is 0 Å². The number of likely N-dealkylation sites (tertiary alicyclic amines) is 1. The Bertz CT molecular complexity index is 984. The summed E-state index contributed by atoms with van der Waals surface area (Å²) < 4.78 is 11.1. The zero-order valence-corrected chi connectivity index (χ0v) is 16.8. The van der Waals surface area contributed by atoms with Crippen molar-refractivity contribution < 1.29 is 14.3 Å². The van der Waals surface area contributed by atoms with E-state index in [4.69, 9.17) is 21.1 Å². The van der Waals surface area contributed by atoms with Crippen LogP contribution in [0.1, 0.15) is 34.8 Å². The molecule has 6 heteroatoms. The summed E-state index contributed by atoms with van der Waals surface area (Å²) in [6.45, 7) is 1.39. The number of aromatic nitrogens is 1. The van der Waals surface area contributed by atoms with E-state index in [9.17, 15) is 4.79 Å². The zero-order valence-electron chi connectivity index (χ0n) is 16.0. The van der Waals surface area contributed by atoms with Gasteiger partial charge in [0.15, 0.2) is 0 Å². The number of aromatic amines is 1. The number of rotatable bonds is 4. The van der Waals surface area contributed by atoms with Crippen LogP contribution in [0.2, 0.25) is 5.02 Å². The highest BCUT2D eigenvalue weighted by atomic mass is 35.5. The van der Waals surface area contributed by atoms with E-state index in [0.29, 0.717) is 29.7 Å². The van der Waals surface area contributed by atoms with Crippen molar-refractivity contribution in [3.63, 3.8) is 0 Å². The number of ether oxygens (including phenoxy) is 2. The Labute approximate surface area is 169 Å². The largest absolute Gasteiger partial charge is 0.496 e. The summed E-state index contributed by atoms with van der Waals surface area (Å²) in [6, 6.07) is 13.3. The average Bonchev–Trinajstić information content (AvgIpc) is 3.15. The lowest BCUT2D eigenvalue weighted by Crippen LogP contribution is -2.38. The third kappa shape index (κ3) is 3.42. The van der Waals surface area contributed by atoms with Crippen LogP contribution in [-0.4, -0.2) is 43.1 Å². The first-order valence-corrected chi connectivity index (χ1v) is 9.77. The first kappa shape index (κ1) is 18.7. The molecule has 3 aromatic rings. The van der Waals surface area contributed by atoms with E-state index in [-0.39, 0.29) is 5.91 Å². The zero-order chi connectivity index (χ0) is 19.7. The number of fused-ring (bicyclic) bond motifs is 1. The molecule has 1 aliphatic heterocycles. The van der Waals surface area contributed by atoms with Gasteiger partial charge in [-0.2, -0.15) is 0 Å². The molecule has 1 saturated heterocycles. The highest BCUT2D eigenvalue weighted by Crippen LogP contribution is 2.40. The molecule has 5 nitrogen and oxygen atoms in total. The summed E-state index contributed by atoms with van der Waals surface area (Å²) >= 11 is 6.05. The summed E-state index contributed by atoms with van der Waals surface area (Å²) in [5, 5.41) is 1.61. The number of halogens is 1. The summed E-state index contributed by atoms with van der Waals surface area (Å²) in [5.41, 5.74) is 2.62. The number of piperidine rings is 1. The third-order valence-electron chi connectivity index (χ3n) is 5.47. The maximum absolute atomic E-state index is 13.0. The number of amides is 1. The normalized spacial score (nSPS) is 15.0. The lowest BCUT2D eigenvalue weighted by Gasteiger charge is -2.33. The smallest absolute Gasteiger partial charge is 0.270 e. The summed E-state index contributed by atoms with van der Waals surface area (Å²) in [4.78, 5) is 18.1. The van der Waals surface area contributed by atoms with Crippen molar-refractivity contribution >= 4 is 28.4 Å². The number of nitrogens with zero attached hydrogens (tertiary/aromatic N) is 1. The van der Waals surface area contributed by atoms with Gasteiger partial charge in [-0.1, -0.05) is 17.7 Å². The van der Waals surface area contributed by atoms with Crippen LogP contribution in [0.5, 0.6) is 11.5 Å². The molecule has 1 aromatic heterocycles. The molecular formula is C22H23ClN2O3. The van der Waals surface area contributed by atoms with E-state index in [1.807, 2.05) is 47.4 Å². The Balaban J connectivity index is 1.50. The first-order chi connectivity index (χ1) is 13.6. The number of carbonyl (C=O) groups is 1. The van der Waals surface area contributed by atoms with Crippen LogP contribution in [-0.2, 0) is 0 Å². The van der Waals surface area contributed by atoms with Gasteiger partial charge in [-0.05, 0) is 55.2 Å². The first-order valence-electron chi connectivity index (χ1n) is 9.39. The third-order valence-corrected chi connectivity index (χ3v) is 5.70. The molecule has 1 fully saturated rings. The molecule has 0 atom stereocenters. The number of hydrogen-bond donors (Lipinski definition) is 1. The van der Waals surface area contributed by atoms with E-state index in [1.165, 1.54) is 0 Å². The van der Waals surface area contributed by atoms with Crippen LogP contribution in [0.3, 0.4) is 0 Å². The Morgan fingerprint density at radius 2 is 1.75 bits per heavy atom. The fourth-order valence-corrected chi connectivity index (χ4v) is 4.22. The molecule has 0 radical (unpaired) electrons. The Hall–Kier alpha value is -2.66. The minimum absolute atomic E-state index is 0.0257. The number of benzene rings is 2. The van der Waals surface area contributed by atoms with Crippen molar-refractivity contribution in [2.45, 2.75) is 18.8 Å². The molecule has 146 valence electrons. The van der Waals surface area contributed by atoms with Crippen LogP contribution in [0, 0.1) is 0 Å². The second kappa shape index (κ2) is 7.76. The van der Waals surface area contributed by atoms with Gasteiger partial charge in [0.05, 0.1) is 14.2 Å². The Kier molecular flexibility index (Phi) is 5.18. The van der Waals surface area contributed by atoms with Crippen LogP contribution < -0.4 is 9.47 Å². The molecule has 2 heterocycles. The maximum Gasteiger partial charge on any atom is 0.270 e. The van der Waals surface area contributed by atoms with Crippen molar-refractivity contribution in [3.8, 4) is 11.5 Å². The molecule has 2 aromatic carbocycles. The summed E-state index contributed by atoms with van der Waals surface area (Å²) in [6.07, 6.45) is 1.74. The van der Waals surface area contributed by atoms with Gasteiger partial charge in [0.2, 0.25) is 0 Å². The number of hydrogen-bond acceptors (Lipinski definition) is 3. The van der Waals surface area contributed by atoms with Crippen LogP contribution >= 0.6 is 11.6 Å². The molecule has 0 unspecified atom stereocenters. The van der Waals surface area contributed by atoms with Gasteiger partial charge < -0.3 is 19.4 Å². The average molecular weight is 399 g/mol. The molecule has 28 heavy (non-hydrogen) atoms. The van der Waals surface area contributed by atoms with Gasteiger partial charge in [0.1, 0.15) is 17.2 Å². The molecular weight excluding hydrogens is 376 g/mol. The molecule has 0 spiro atoms. The lowest BCUT2D eigenvalue weighted by atomic mass is 9.88. The van der Waals surface area contributed by atoms with Crippen LogP contribution in [0.15, 0.2) is 42.5 Å². The Morgan fingerprint density at radius 3 is 2.39 bits per heavy atom. The molecule has 1 amide bonds. The lowest BCUT2D eigenvalue weighted by molar-refractivity contribution is 0.0707. The predicted molar refractivity (Wildman–Crippen MR) is 111 cm³/mol. The summed E-state index contributed by atoms with van der Waals surface area (Å²) in [5.74, 6) is 2.02. The van der Waals surface area contributed by atoms with E-state index < -0.39 is 0 Å². The van der Waals surface area contributed by atoms with Crippen molar-refractivity contribution in [1.82, 2.24) is 9.88 Å². The van der Waals surface area contributed by atoms with Crippen LogP contribution in [0.25, 0.3) is 10.9 Å². The number of nitrogens with one attached hydrogen (secondary N) is 1. The fraction of sp³-hybridized carbons (Fsp3) is 0.318. The minimum Gasteiger partial charge on any atom is -0.496 e. The van der Waals surface area contributed by atoms with Crippen molar-refractivity contribution in [2.75, 3.05) is 27.3 Å². The van der Waals surface area contributed by atoms with E-state index >= 15 is 0 Å². The number of H-pyrrole nitrogens is 1. The second-order valence-electron chi connectivity index (χ2n) is 7.06. The van der Waals surface area contributed by atoms with Crippen molar-refractivity contribution in [2.24, 2.45) is 0 Å². The molecule has 0 aliphatic carbocycles. The SMILES string of the molecule is COc1cccc(OC)c1C1CCN(C(=O)c2cc3cc(Cl)ccc3[nH]2)CC1. The second-order valence-corrected chi connectivity index (χ2v) is 7.49. The Morgan fingerprint density at radius 1 is 1.07 bits per heavy atom. The molecule has 0 saturated carbocycles. The van der Waals surface area contributed by atoms with Crippen LogP contribution in [0.4, 0.5) is 0 Å². The quantitative estimate of drug-likeness (QED) is 0.682. The monoisotopic (exact) mass is 398 g/mol. The molecule has 1 N–H and O–H groups in total. The fourth-order valence-electron chi connectivity index (χ4n) is 4.04. The van der Waals surface area contributed by atoms with Crippen molar-refractivity contribution in [1.29, 1.82) is 0 Å². The topological polar surface area (TPSA) is 54.6 Å². The van der Waals surface area contributed by atoms with Gasteiger partial charge in [0, 0.05) is 34.6 Å². The van der Waals surface area contributed by atoms with E-state index in [0.717, 1.165) is 40.8 Å². The maximum atomic E-state index is 13.0. The van der Waals surface area contributed by atoms with E-state index in [2.05, 4.69) is 4.98 Å². The van der Waals surface area contributed by atoms with Crippen molar-refractivity contribution in [3.05, 3.63) is 58.7 Å². The summed E-state index contributed by atoms with van der Waals surface area (Å²) in [7, 11) is 3.36. The minimum atomic E-state index is 0.0257. The molecule has 0 bridgehead atoms. The molecule has 1 aliphatic rings. The van der Waals surface area contributed by atoms with Gasteiger partial charge in [-0.3, -0.25) is 4.79 Å². The highest BCUT2D eigenvalue weighted by molar-refractivity contribution is 6.31. The standard InChI is InChI=1S/C22H23ClN2O3/c1-27-19-4-3-5-20(28-2)21(19)14-8-10-25(11-9-14)22(26)18-13-15-12-16(23)6-7-17(15)24-18/h3-7,12-14,24H,8-11H2,1-2H3. The van der Waals surface area contributed by atoms with Gasteiger partial charge in [0.25, 0.3) is 5.91 Å². The number of carbonyl (C=O) groups excluding carboxylic acids is 1. The molecule has 4 rings (SSSR count). The van der Waals surface area contributed by atoms with Gasteiger partial charge >= 0.3 is 0 Å². The number of methoxy groups -OCH3 is 2. The predicted octanol–water partition coefficient (Wildman–Crippen LogP) is 4.86. The van der Waals surface area contributed by atoms with Gasteiger partial charge in [-0.15, -0.1) is 0 Å². The highest BCUT2D eigenvalue weighted by Gasteiger charge is 2.29.